The van der Waals surface area contributed by atoms with Crippen LogP contribution in [0.2, 0.25) is 0 Å². The number of Topliss-reactive ketones (excluding diaryl/α,β-unsaturated/α-hetero) is 1. The second kappa shape index (κ2) is 10.8. The molecule has 1 rings (SSSR count). The van der Waals surface area contributed by atoms with Gasteiger partial charge >= 0.3 is 0 Å². The molecule has 0 unspecified atom stereocenters. The van der Waals surface area contributed by atoms with E-state index in [1.54, 1.807) is 0 Å². The van der Waals surface area contributed by atoms with Gasteiger partial charge in [-0.05, 0) is 19.9 Å². The Morgan fingerprint density at radius 1 is 1.31 bits per heavy atom. The number of carbonyl (C=O) groups is 1. The molecular weight excluding hydrogens is 266 g/mol. The summed E-state index contributed by atoms with van der Waals surface area (Å²) in [6.45, 7) is 4.88. The highest BCUT2D eigenvalue weighted by atomic mass is 79.9. The van der Waals surface area contributed by atoms with E-state index in [0.717, 1.165) is 18.5 Å². The number of alkyl halides is 1. The molecule has 0 radical (unpaired) electrons. The number of nitrogens with two attached hydrogens (primary N) is 1. The van der Waals surface area contributed by atoms with Crippen molar-refractivity contribution in [3.63, 3.8) is 0 Å². The van der Waals surface area contributed by atoms with Gasteiger partial charge in [-0.3, -0.25) is 4.79 Å². The van der Waals surface area contributed by atoms with E-state index in [2.05, 4.69) is 22.9 Å². The van der Waals surface area contributed by atoms with Crippen molar-refractivity contribution in [2.24, 2.45) is 5.73 Å². The molecular formula is C13H22BrNO. The number of benzene rings is 1. The standard InChI is InChI=1S/C9H9BrO.C3H9N.CH4/c1-7-2-4-8(5-3-7)9(11)6-10;1-2-3-4;/h2-5H,6H2,1H3;2-4H2,1H3;1H4. The largest absolute Gasteiger partial charge is 0.330 e. The van der Waals surface area contributed by atoms with Gasteiger partial charge in [-0.25, -0.2) is 0 Å². The fourth-order valence-electron chi connectivity index (χ4n) is 0.817. The van der Waals surface area contributed by atoms with Gasteiger partial charge in [0.25, 0.3) is 0 Å². The van der Waals surface area contributed by atoms with E-state index in [1.807, 2.05) is 31.2 Å². The first kappa shape index (κ1) is 17.7. The second-order valence-electron chi connectivity index (χ2n) is 3.21. The van der Waals surface area contributed by atoms with Crippen molar-refractivity contribution in [1.82, 2.24) is 0 Å². The van der Waals surface area contributed by atoms with Crippen molar-refractivity contribution in [2.75, 3.05) is 11.9 Å². The van der Waals surface area contributed by atoms with Crippen LogP contribution in [0.3, 0.4) is 0 Å². The van der Waals surface area contributed by atoms with Crippen LogP contribution in [0.1, 0.15) is 36.7 Å². The summed E-state index contributed by atoms with van der Waals surface area (Å²) in [6, 6.07) is 7.57. The fraction of sp³-hybridized carbons (Fsp3) is 0.462. The van der Waals surface area contributed by atoms with Gasteiger partial charge in [0.15, 0.2) is 5.78 Å². The molecule has 1 aromatic carbocycles. The minimum Gasteiger partial charge on any atom is -0.330 e. The lowest BCUT2D eigenvalue weighted by atomic mass is 10.1. The molecule has 1 aromatic rings. The van der Waals surface area contributed by atoms with Crippen molar-refractivity contribution in [2.45, 2.75) is 27.7 Å². The zero-order chi connectivity index (χ0) is 11.7. The van der Waals surface area contributed by atoms with Crippen molar-refractivity contribution in [3.8, 4) is 0 Å². The number of hydrogen-bond donors (Lipinski definition) is 1. The maximum atomic E-state index is 11.1. The monoisotopic (exact) mass is 287 g/mol. The van der Waals surface area contributed by atoms with Crippen LogP contribution in [-0.2, 0) is 0 Å². The molecule has 0 aliphatic heterocycles. The molecule has 3 heteroatoms. The highest BCUT2D eigenvalue weighted by Crippen LogP contribution is 2.04. The van der Waals surface area contributed by atoms with Gasteiger partial charge in [-0.2, -0.15) is 0 Å². The number of rotatable bonds is 3. The summed E-state index contributed by atoms with van der Waals surface area (Å²) in [7, 11) is 0. The number of aryl methyl sites for hydroxylation is 1. The lowest BCUT2D eigenvalue weighted by Crippen LogP contribution is -1.98. The molecule has 0 aliphatic carbocycles. The van der Waals surface area contributed by atoms with E-state index >= 15 is 0 Å². The Labute approximate surface area is 107 Å². The van der Waals surface area contributed by atoms with E-state index < -0.39 is 0 Å². The topological polar surface area (TPSA) is 43.1 Å². The van der Waals surface area contributed by atoms with Gasteiger partial charge < -0.3 is 5.73 Å². The molecule has 0 amide bonds. The summed E-state index contributed by atoms with van der Waals surface area (Å²) in [5, 5.41) is 0.399. The quantitative estimate of drug-likeness (QED) is 0.682. The average molecular weight is 288 g/mol. The molecule has 0 spiro atoms. The van der Waals surface area contributed by atoms with Crippen molar-refractivity contribution >= 4 is 21.7 Å². The van der Waals surface area contributed by atoms with Gasteiger partial charge in [-0.1, -0.05) is 60.1 Å². The minimum atomic E-state index is 0. The second-order valence-corrected chi connectivity index (χ2v) is 3.77. The number of halogens is 1. The molecule has 0 atom stereocenters. The maximum absolute atomic E-state index is 11.1. The van der Waals surface area contributed by atoms with Crippen LogP contribution < -0.4 is 5.73 Å². The minimum absolute atomic E-state index is 0. The molecule has 0 saturated carbocycles. The van der Waals surface area contributed by atoms with Crippen LogP contribution in [0.4, 0.5) is 0 Å². The Balaban J connectivity index is 0. The van der Waals surface area contributed by atoms with Gasteiger partial charge in [-0.15, -0.1) is 0 Å². The van der Waals surface area contributed by atoms with Gasteiger partial charge in [0.05, 0.1) is 5.33 Å². The van der Waals surface area contributed by atoms with Crippen LogP contribution in [0.25, 0.3) is 0 Å². The van der Waals surface area contributed by atoms with E-state index in [9.17, 15) is 4.79 Å². The summed E-state index contributed by atoms with van der Waals surface area (Å²) in [6.07, 6.45) is 1.10. The molecule has 0 saturated heterocycles. The molecule has 2 N–H and O–H groups in total. The summed E-state index contributed by atoms with van der Waals surface area (Å²) in [4.78, 5) is 11.1. The number of carbonyl (C=O) groups excluding carboxylic acids is 1. The lowest BCUT2D eigenvalue weighted by molar-refractivity contribution is 0.102. The SMILES string of the molecule is C.CCCN.Cc1ccc(C(=O)CBr)cc1. The van der Waals surface area contributed by atoms with E-state index in [1.165, 1.54) is 5.56 Å². The normalized spacial score (nSPS) is 8.50. The molecule has 0 aliphatic rings. The summed E-state index contributed by atoms with van der Waals surface area (Å²) in [5.74, 6) is 0.130. The highest BCUT2D eigenvalue weighted by molar-refractivity contribution is 9.09. The molecule has 0 aromatic heterocycles. The van der Waals surface area contributed by atoms with Crippen molar-refractivity contribution in [3.05, 3.63) is 35.4 Å². The molecule has 16 heavy (non-hydrogen) atoms. The summed E-state index contributed by atoms with van der Waals surface area (Å²) in [5.41, 5.74) is 6.98. The smallest absolute Gasteiger partial charge is 0.173 e. The third kappa shape index (κ3) is 7.60. The van der Waals surface area contributed by atoms with Crippen LogP contribution in [-0.4, -0.2) is 17.7 Å². The number of ketones is 1. The molecule has 0 bridgehead atoms. The molecule has 0 heterocycles. The lowest BCUT2D eigenvalue weighted by Gasteiger charge is -1.96. The first-order valence-electron chi connectivity index (χ1n) is 5.01. The fourth-order valence-corrected chi connectivity index (χ4v) is 1.14. The molecule has 92 valence electrons. The van der Waals surface area contributed by atoms with Crippen LogP contribution in [0.5, 0.6) is 0 Å². The third-order valence-corrected chi connectivity index (χ3v) is 2.29. The van der Waals surface area contributed by atoms with Gasteiger partial charge in [0.1, 0.15) is 0 Å². The predicted octanol–water partition coefficient (Wildman–Crippen LogP) is 3.56. The van der Waals surface area contributed by atoms with E-state index in [4.69, 9.17) is 5.73 Å². The highest BCUT2D eigenvalue weighted by Gasteiger charge is 2.00. The number of hydrogen-bond acceptors (Lipinski definition) is 2. The Morgan fingerprint density at radius 3 is 2.06 bits per heavy atom. The first-order valence-corrected chi connectivity index (χ1v) is 6.13. The summed E-state index contributed by atoms with van der Waals surface area (Å²) < 4.78 is 0. The van der Waals surface area contributed by atoms with Crippen LogP contribution in [0, 0.1) is 6.92 Å². The van der Waals surface area contributed by atoms with Gasteiger partial charge in [0.2, 0.25) is 0 Å². The van der Waals surface area contributed by atoms with Crippen molar-refractivity contribution in [1.29, 1.82) is 0 Å². The van der Waals surface area contributed by atoms with Gasteiger partial charge in [0, 0.05) is 5.56 Å². The van der Waals surface area contributed by atoms with Crippen LogP contribution in [0.15, 0.2) is 24.3 Å². The Hall–Kier alpha value is -0.670. The third-order valence-electron chi connectivity index (χ3n) is 1.78. The Bertz CT molecular complexity index is 280. The Morgan fingerprint density at radius 2 is 1.75 bits per heavy atom. The van der Waals surface area contributed by atoms with Crippen molar-refractivity contribution < 1.29 is 4.79 Å². The summed E-state index contributed by atoms with van der Waals surface area (Å²) >= 11 is 3.12. The predicted molar refractivity (Wildman–Crippen MR) is 75.4 cm³/mol. The Kier molecular flexibility index (Phi) is 12.0. The van der Waals surface area contributed by atoms with Crippen LogP contribution >= 0.6 is 15.9 Å². The first-order chi connectivity index (χ1) is 7.15. The molecule has 2 nitrogen and oxygen atoms in total. The zero-order valence-electron chi connectivity index (χ0n) is 9.29. The van der Waals surface area contributed by atoms with E-state index in [-0.39, 0.29) is 13.2 Å². The maximum Gasteiger partial charge on any atom is 0.173 e. The average Bonchev–Trinajstić information content (AvgIpc) is 2.29. The molecule has 0 fully saturated rings. The van der Waals surface area contributed by atoms with E-state index in [0.29, 0.717) is 5.33 Å². The zero-order valence-corrected chi connectivity index (χ0v) is 10.9.